The number of carbonyl (C=O) groups excluding carboxylic acids is 1. The number of hydrogen-bond acceptors (Lipinski definition) is 3. The molecule has 7 heteroatoms. The molecule has 0 spiro atoms. The van der Waals surface area contributed by atoms with Gasteiger partial charge in [0.2, 0.25) is 5.91 Å². The Morgan fingerprint density at radius 1 is 1.42 bits per heavy atom. The highest BCUT2D eigenvalue weighted by atomic mass is 35.5. The number of amides is 1. The Labute approximate surface area is 122 Å². The molecule has 1 aromatic rings. The third-order valence-corrected chi connectivity index (χ3v) is 5.09. The minimum atomic E-state index is -3.57. The van der Waals surface area contributed by atoms with Crippen LogP contribution in [0.3, 0.4) is 0 Å². The largest absolute Gasteiger partial charge is 0.322 e. The zero-order chi connectivity index (χ0) is 14.6. The molecule has 1 N–H and O–H groups in total. The SMILES string of the molecule is C=CCS(=O)(=O)C(C)C(=O)Nc1c(Cl)cccc1Cl. The van der Waals surface area contributed by atoms with Crippen LogP contribution in [0, 0.1) is 0 Å². The molecule has 1 unspecified atom stereocenters. The predicted molar refractivity (Wildman–Crippen MR) is 78.5 cm³/mol. The summed E-state index contributed by atoms with van der Waals surface area (Å²) in [5.41, 5.74) is 0.205. The molecule has 1 aromatic carbocycles. The summed E-state index contributed by atoms with van der Waals surface area (Å²) in [6.45, 7) is 4.65. The van der Waals surface area contributed by atoms with Crippen molar-refractivity contribution in [2.45, 2.75) is 12.2 Å². The minimum absolute atomic E-state index is 0.205. The molecule has 0 bridgehead atoms. The van der Waals surface area contributed by atoms with Gasteiger partial charge < -0.3 is 5.32 Å². The molecule has 0 saturated heterocycles. The highest BCUT2D eigenvalue weighted by Gasteiger charge is 2.27. The van der Waals surface area contributed by atoms with Crippen LogP contribution in [0.2, 0.25) is 10.0 Å². The molecule has 0 saturated carbocycles. The zero-order valence-corrected chi connectivity index (χ0v) is 12.5. The fraction of sp³-hybridized carbons (Fsp3) is 0.250. The number of anilines is 1. The van der Waals surface area contributed by atoms with Gasteiger partial charge in [0.15, 0.2) is 9.84 Å². The van der Waals surface area contributed by atoms with Crippen molar-refractivity contribution in [1.82, 2.24) is 0 Å². The van der Waals surface area contributed by atoms with Crippen LogP contribution in [-0.4, -0.2) is 25.3 Å². The van der Waals surface area contributed by atoms with Crippen molar-refractivity contribution in [3.63, 3.8) is 0 Å². The minimum Gasteiger partial charge on any atom is -0.322 e. The van der Waals surface area contributed by atoms with Crippen LogP contribution in [0.1, 0.15) is 6.92 Å². The number of carbonyl (C=O) groups is 1. The van der Waals surface area contributed by atoms with Gasteiger partial charge in [-0.25, -0.2) is 8.42 Å². The molecule has 0 fully saturated rings. The van der Waals surface area contributed by atoms with Crippen molar-refractivity contribution in [2.24, 2.45) is 0 Å². The molecular weight excluding hydrogens is 309 g/mol. The Morgan fingerprint density at radius 3 is 2.42 bits per heavy atom. The molecular formula is C12H13Cl2NO3S. The first kappa shape index (κ1) is 16.0. The van der Waals surface area contributed by atoms with Gasteiger partial charge in [-0.3, -0.25) is 4.79 Å². The van der Waals surface area contributed by atoms with Crippen molar-refractivity contribution in [3.8, 4) is 0 Å². The Hall–Kier alpha value is -1.04. The van der Waals surface area contributed by atoms with Gasteiger partial charge >= 0.3 is 0 Å². The Kier molecular flexibility index (Phi) is 5.40. The highest BCUT2D eigenvalue weighted by Crippen LogP contribution is 2.30. The first-order valence-corrected chi connectivity index (χ1v) is 7.84. The number of benzene rings is 1. The van der Waals surface area contributed by atoms with Crippen LogP contribution in [0.25, 0.3) is 0 Å². The molecule has 1 atom stereocenters. The van der Waals surface area contributed by atoms with Crippen molar-refractivity contribution in [1.29, 1.82) is 0 Å². The first-order valence-electron chi connectivity index (χ1n) is 5.37. The summed E-state index contributed by atoms with van der Waals surface area (Å²) in [6, 6.07) is 4.72. The van der Waals surface area contributed by atoms with Gasteiger partial charge in [-0.2, -0.15) is 0 Å². The van der Waals surface area contributed by atoms with Crippen molar-refractivity contribution in [3.05, 3.63) is 40.9 Å². The number of sulfone groups is 1. The van der Waals surface area contributed by atoms with Gasteiger partial charge in [-0.1, -0.05) is 35.3 Å². The molecule has 19 heavy (non-hydrogen) atoms. The van der Waals surface area contributed by atoms with E-state index in [9.17, 15) is 13.2 Å². The van der Waals surface area contributed by atoms with E-state index >= 15 is 0 Å². The van der Waals surface area contributed by atoms with Gasteiger partial charge in [0.1, 0.15) is 5.25 Å². The lowest BCUT2D eigenvalue weighted by Gasteiger charge is -2.14. The summed E-state index contributed by atoms with van der Waals surface area (Å²) in [4.78, 5) is 11.9. The van der Waals surface area contributed by atoms with Crippen molar-refractivity contribution in [2.75, 3.05) is 11.1 Å². The van der Waals surface area contributed by atoms with E-state index in [2.05, 4.69) is 11.9 Å². The topological polar surface area (TPSA) is 63.2 Å². The zero-order valence-electron chi connectivity index (χ0n) is 10.2. The number of halogens is 2. The third kappa shape index (κ3) is 3.96. The standard InChI is InChI=1S/C12H13Cl2NO3S/c1-3-7-19(17,18)8(2)12(16)15-11-9(13)5-4-6-10(11)14/h3-6,8H,1,7H2,2H3,(H,15,16). The fourth-order valence-electron chi connectivity index (χ4n) is 1.31. The first-order chi connectivity index (χ1) is 8.79. The lowest BCUT2D eigenvalue weighted by Crippen LogP contribution is -2.33. The fourth-order valence-corrected chi connectivity index (χ4v) is 2.81. The predicted octanol–water partition coefficient (Wildman–Crippen LogP) is 2.92. The van der Waals surface area contributed by atoms with E-state index in [0.717, 1.165) is 0 Å². The molecule has 0 aliphatic carbocycles. The van der Waals surface area contributed by atoms with Gasteiger partial charge in [-0.05, 0) is 19.1 Å². The molecule has 4 nitrogen and oxygen atoms in total. The van der Waals surface area contributed by atoms with E-state index in [1.807, 2.05) is 0 Å². The van der Waals surface area contributed by atoms with Gasteiger partial charge in [0.05, 0.1) is 21.5 Å². The average Bonchev–Trinajstić information content (AvgIpc) is 2.32. The number of rotatable bonds is 5. The van der Waals surface area contributed by atoms with Gasteiger partial charge in [-0.15, -0.1) is 6.58 Å². The average molecular weight is 322 g/mol. The number of hydrogen-bond donors (Lipinski definition) is 1. The molecule has 0 aliphatic rings. The second-order valence-electron chi connectivity index (χ2n) is 3.85. The third-order valence-electron chi connectivity index (χ3n) is 2.47. The Balaban J connectivity index is 2.95. The summed E-state index contributed by atoms with van der Waals surface area (Å²) in [7, 11) is -3.57. The van der Waals surface area contributed by atoms with E-state index < -0.39 is 21.0 Å². The molecule has 1 rings (SSSR count). The smallest absolute Gasteiger partial charge is 0.242 e. The molecule has 104 valence electrons. The maximum atomic E-state index is 11.9. The monoisotopic (exact) mass is 321 g/mol. The summed E-state index contributed by atoms with van der Waals surface area (Å²) in [6.07, 6.45) is 1.24. The van der Waals surface area contributed by atoms with Crippen LogP contribution < -0.4 is 5.32 Å². The summed E-state index contributed by atoms with van der Waals surface area (Å²) >= 11 is 11.8. The lowest BCUT2D eigenvalue weighted by molar-refractivity contribution is -0.115. The quantitative estimate of drug-likeness (QED) is 0.848. The van der Waals surface area contributed by atoms with Crippen LogP contribution in [0.4, 0.5) is 5.69 Å². The molecule has 0 aliphatic heterocycles. The molecule has 0 heterocycles. The van der Waals surface area contributed by atoms with Crippen molar-refractivity contribution < 1.29 is 13.2 Å². The maximum Gasteiger partial charge on any atom is 0.242 e. The molecule has 0 aromatic heterocycles. The van der Waals surface area contributed by atoms with Crippen LogP contribution >= 0.6 is 23.2 Å². The summed E-state index contributed by atoms with van der Waals surface area (Å²) < 4.78 is 23.5. The van der Waals surface area contributed by atoms with E-state index in [-0.39, 0.29) is 21.5 Å². The Bertz CT molecular complexity index is 579. The van der Waals surface area contributed by atoms with Crippen LogP contribution in [0.5, 0.6) is 0 Å². The number of nitrogens with one attached hydrogen (secondary N) is 1. The van der Waals surface area contributed by atoms with Crippen LogP contribution in [0.15, 0.2) is 30.9 Å². The van der Waals surface area contributed by atoms with Gasteiger partial charge in [0, 0.05) is 0 Å². The molecule has 0 radical (unpaired) electrons. The summed E-state index contributed by atoms with van der Waals surface area (Å²) in [5, 5.41) is 1.71. The molecule has 1 amide bonds. The maximum absolute atomic E-state index is 11.9. The van der Waals surface area contributed by atoms with E-state index in [1.165, 1.54) is 13.0 Å². The lowest BCUT2D eigenvalue weighted by atomic mass is 10.3. The normalized spacial score (nSPS) is 12.8. The van der Waals surface area contributed by atoms with Crippen molar-refractivity contribution >= 4 is 44.6 Å². The van der Waals surface area contributed by atoms with Gasteiger partial charge in [0.25, 0.3) is 0 Å². The van der Waals surface area contributed by atoms with E-state index in [0.29, 0.717) is 0 Å². The second-order valence-corrected chi connectivity index (χ2v) is 7.03. The second kappa shape index (κ2) is 6.41. The summed E-state index contributed by atoms with van der Waals surface area (Å²) in [5.74, 6) is -0.950. The number of para-hydroxylation sites is 1. The van der Waals surface area contributed by atoms with E-state index in [1.54, 1.807) is 18.2 Å². The van der Waals surface area contributed by atoms with Crippen LogP contribution in [-0.2, 0) is 14.6 Å². The highest BCUT2D eigenvalue weighted by molar-refractivity contribution is 7.92. The van der Waals surface area contributed by atoms with E-state index in [4.69, 9.17) is 23.2 Å². The Morgan fingerprint density at radius 2 is 1.95 bits per heavy atom.